The molecule has 1 aromatic carbocycles. The fourth-order valence-corrected chi connectivity index (χ4v) is 2.07. The molecule has 0 spiro atoms. The Morgan fingerprint density at radius 1 is 1.35 bits per heavy atom. The van der Waals surface area contributed by atoms with Gasteiger partial charge in [0.05, 0.1) is 6.10 Å². The lowest BCUT2D eigenvalue weighted by atomic mass is 10.1. The molecule has 1 aromatic heterocycles. The van der Waals surface area contributed by atoms with Crippen LogP contribution in [0.5, 0.6) is 0 Å². The molecule has 0 bridgehead atoms. The number of rotatable bonds is 5. The monoisotopic (exact) mass is 274 g/mol. The van der Waals surface area contributed by atoms with Gasteiger partial charge in [-0.1, -0.05) is 18.2 Å². The summed E-state index contributed by atoms with van der Waals surface area (Å²) in [5, 5.41) is 4.57. The predicted octanol–water partition coefficient (Wildman–Crippen LogP) is 2.74. The van der Waals surface area contributed by atoms with E-state index in [4.69, 9.17) is 4.74 Å². The standard InChI is InChI=1S/C15H22N4O/c1-6-19-15(18(3)4)16-14(17-19)13-9-7-8-12(10-13)11(2)20-5/h7-11H,6H2,1-5H3/t11-/m0/s1. The Morgan fingerprint density at radius 2 is 2.10 bits per heavy atom. The zero-order valence-electron chi connectivity index (χ0n) is 12.8. The van der Waals surface area contributed by atoms with Crippen molar-refractivity contribution in [3.05, 3.63) is 29.8 Å². The molecular weight excluding hydrogens is 252 g/mol. The van der Waals surface area contributed by atoms with E-state index in [1.54, 1.807) is 7.11 Å². The van der Waals surface area contributed by atoms with Crippen LogP contribution in [0, 0.1) is 0 Å². The molecule has 2 rings (SSSR count). The van der Waals surface area contributed by atoms with Crippen molar-refractivity contribution in [2.75, 3.05) is 26.1 Å². The van der Waals surface area contributed by atoms with Gasteiger partial charge in [0.15, 0.2) is 5.82 Å². The van der Waals surface area contributed by atoms with Gasteiger partial charge >= 0.3 is 0 Å². The molecule has 5 heteroatoms. The van der Waals surface area contributed by atoms with E-state index >= 15 is 0 Å². The minimum Gasteiger partial charge on any atom is -0.377 e. The van der Waals surface area contributed by atoms with Gasteiger partial charge in [0, 0.05) is 33.3 Å². The van der Waals surface area contributed by atoms with Crippen molar-refractivity contribution in [2.24, 2.45) is 0 Å². The van der Waals surface area contributed by atoms with Crippen LogP contribution in [0.3, 0.4) is 0 Å². The van der Waals surface area contributed by atoms with Crippen LogP contribution >= 0.6 is 0 Å². The van der Waals surface area contributed by atoms with Crippen molar-refractivity contribution in [3.8, 4) is 11.4 Å². The minimum atomic E-state index is 0.0662. The number of benzene rings is 1. The second-order valence-electron chi connectivity index (χ2n) is 4.95. The summed E-state index contributed by atoms with van der Waals surface area (Å²) >= 11 is 0. The molecule has 20 heavy (non-hydrogen) atoms. The van der Waals surface area contributed by atoms with Crippen LogP contribution in [0.15, 0.2) is 24.3 Å². The van der Waals surface area contributed by atoms with Gasteiger partial charge in [0.2, 0.25) is 5.95 Å². The van der Waals surface area contributed by atoms with Crippen molar-refractivity contribution in [2.45, 2.75) is 26.5 Å². The van der Waals surface area contributed by atoms with Crippen molar-refractivity contribution < 1.29 is 4.74 Å². The van der Waals surface area contributed by atoms with Gasteiger partial charge in [-0.15, -0.1) is 5.10 Å². The van der Waals surface area contributed by atoms with Gasteiger partial charge in [0.25, 0.3) is 0 Å². The van der Waals surface area contributed by atoms with Crippen LogP contribution in [-0.4, -0.2) is 36.0 Å². The second kappa shape index (κ2) is 6.05. The summed E-state index contributed by atoms with van der Waals surface area (Å²) in [4.78, 5) is 6.59. The molecular formula is C15H22N4O. The molecule has 0 aliphatic carbocycles. The number of hydrogen-bond acceptors (Lipinski definition) is 4. The van der Waals surface area contributed by atoms with Gasteiger partial charge < -0.3 is 9.64 Å². The van der Waals surface area contributed by atoms with Crippen LogP contribution in [0.25, 0.3) is 11.4 Å². The Bertz CT molecular complexity index is 577. The first-order valence-corrected chi connectivity index (χ1v) is 6.82. The number of ether oxygens (including phenoxy) is 1. The summed E-state index contributed by atoms with van der Waals surface area (Å²) in [5.74, 6) is 1.62. The van der Waals surface area contributed by atoms with Crippen LogP contribution in [0.1, 0.15) is 25.5 Å². The van der Waals surface area contributed by atoms with Gasteiger partial charge in [-0.05, 0) is 25.5 Å². The first kappa shape index (κ1) is 14.5. The fourth-order valence-electron chi connectivity index (χ4n) is 2.07. The highest BCUT2D eigenvalue weighted by Crippen LogP contribution is 2.24. The molecule has 5 nitrogen and oxygen atoms in total. The summed E-state index contributed by atoms with van der Waals surface area (Å²) in [6.45, 7) is 4.89. The minimum absolute atomic E-state index is 0.0662. The lowest BCUT2D eigenvalue weighted by Gasteiger charge is -2.10. The molecule has 0 radical (unpaired) electrons. The number of methoxy groups -OCH3 is 1. The number of hydrogen-bond donors (Lipinski definition) is 0. The highest BCUT2D eigenvalue weighted by atomic mass is 16.5. The van der Waals surface area contributed by atoms with E-state index < -0.39 is 0 Å². The number of anilines is 1. The third kappa shape index (κ3) is 2.82. The normalized spacial score (nSPS) is 12.4. The zero-order chi connectivity index (χ0) is 14.7. The highest BCUT2D eigenvalue weighted by molar-refractivity contribution is 5.57. The van der Waals surface area contributed by atoms with Gasteiger partial charge in [0.1, 0.15) is 0 Å². The molecule has 0 amide bonds. The van der Waals surface area contributed by atoms with Crippen molar-refractivity contribution >= 4 is 5.95 Å². The molecule has 108 valence electrons. The maximum absolute atomic E-state index is 5.36. The number of aromatic nitrogens is 3. The quantitative estimate of drug-likeness (QED) is 0.841. The zero-order valence-corrected chi connectivity index (χ0v) is 12.8. The first-order chi connectivity index (χ1) is 9.56. The predicted molar refractivity (Wildman–Crippen MR) is 80.9 cm³/mol. The van der Waals surface area contributed by atoms with Gasteiger partial charge in [-0.25, -0.2) is 4.68 Å². The average molecular weight is 274 g/mol. The van der Waals surface area contributed by atoms with Crippen LogP contribution in [-0.2, 0) is 11.3 Å². The molecule has 0 fully saturated rings. The van der Waals surface area contributed by atoms with E-state index in [0.29, 0.717) is 0 Å². The van der Waals surface area contributed by atoms with Gasteiger partial charge in [-0.3, -0.25) is 0 Å². The highest BCUT2D eigenvalue weighted by Gasteiger charge is 2.13. The molecule has 1 heterocycles. The average Bonchev–Trinajstić information content (AvgIpc) is 2.91. The maximum Gasteiger partial charge on any atom is 0.223 e. The first-order valence-electron chi connectivity index (χ1n) is 6.82. The fraction of sp³-hybridized carbons (Fsp3) is 0.467. The van der Waals surface area contributed by atoms with E-state index in [-0.39, 0.29) is 6.10 Å². The molecule has 2 aromatic rings. The molecule has 0 aliphatic heterocycles. The lowest BCUT2D eigenvalue weighted by molar-refractivity contribution is 0.119. The van der Waals surface area contributed by atoms with E-state index in [2.05, 4.69) is 29.1 Å². The molecule has 0 saturated heterocycles. The smallest absolute Gasteiger partial charge is 0.223 e. The summed E-state index contributed by atoms with van der Waals surface area (Å²) in [7, 11) is 5.66. The second-order valence-corrected chi connectivity index (χ2v) is 4.95. The molecule has 0 N–H and O–H groups in total. The number of nitrogens with zero attached hydrogens (tertiary/aromatic N) is 4. The van der Waals surface area contributed by atoms with Gasteiger partial charge in [-0.2, -0.15) is 4.98 Å². The Hall–Kier alpha value is -1.88. The molecule has 1 atom stereocenters. The van der Waals surface area contributed by atoms with Crippen molar-refractivity contribution in [3.63, 3.8) is 0 Å². The van der Waals surface area contributed by atoms with E-state index in [1.165, 1.54) is 0 Å². The Balaban J connectivity index is 2.41. The van der Waals surface area contributed by atoms with Crippen LogP contribution in [0.2, 0.25) is 0 Å². The molecule has 0 aliphatic rings. The number of aryl methyl sites for hydroxylation is 1. The SMILES string of the molecule is CCn1nc(-c2cccc([C@H](C)OC)c2)nc1N(C)C. The third-order valence-electron chi connectivity index (χ3n) is 3.32. The third-order valence-corrected chi connectivity index (χ3v) is 3.32. The Morgan fingerprint density at radius 3 is 2.65 bits per heavy atom. The van der Waals surface area contributed by atoms with E-state index in [9.17, 15) is 0 Å². The topological polar surface area (TPSA) is 43.2 Å². The lowest BCUT2D eigenvalue weighted by Crippen LogP contribution is -2.15. The summed E-state index contributed by atoms with van der Waals surface area (Å²) in [5.41, 5.74) is 2.14. The Labute approximate surface area is 120 Å². The molecule has 0 saturated carbocycles. The molecule has 0 unspecified atom stereocenters. The summed E-state index contributed by atoms with van der Waals surface area (Å²) < 4.78 is 7.27. The largest absolute Gasteiger partial charge is 0.377 e. The van der Waals surface area contributed by atoms with Crippen LogP contribution in [0.4, 0.5) is 5.95 Å². The Kier molecular flexibility index (Phi) is 4.39. The summed E-state index contributed by atoms with van der Waals surface area (Å²) in [6.07, 6.45) is 0.0662. The summed E-state index contributed by atoms with van der Waals surface area (Å²) in [6, 6.07) is 8.19. The van der Waals surface area contributed by atoms with E-state index in [0.717, 1.165) is 29.4 Å². The van der Waals surface area contributed by atoms with E-state index in [1.807, 2.05) is 42.7 Å². The maximum atomic E-state index is 5.36. The van der Waals surface area contributed by atoms with Crippen molar-refractivity contribution in [1.82, 2.24) is 14.8 Å². The van der Waals surface area contributed by atoms with Crippen LogP contribution < -0.4 is 4.90 Å². The van der Waals surface area contributed by atoms with Crippen molar-refractivity contribution in [1.29, 1.82) is 0 Å².